The SMILES string of the molecule is CCC(C)NC(=O)CN1CCN(c2ccc(N)cc2)C1=O. The summed E-state index contributed by atoms with van der Waals surface area (Å²) >= 11 is 0. The van der Waals surface area contributed by atoms with Crippen molar-refractivity contribution in [2.24, 2.45) is 0 Å². The molecule has 1 saturated heterocycles. The quantitative estimate of drug-likeness (QED) is 0.805. The second-order valence-corrected chi connectivity index (χ2v) is 5.32. The predicted octanol–water partition coefficient (Wildman–Crippen LogP) is 1.43. The van der Waals surface area contributed by atoms with E-state index in [1.54, 1.807) is 21.9 Å². The van der Waals surface area contributed by atoms with Gasteiger partial charge < -0.3 is 16.0 Å². The lowest BCUT2D eigenvalue weighted by atomic mass is 10.2. The van der Waals surface area contributed by atoms with Gasteiger partial charge in [0.2, 0.25) is 5.91 Å². The topological polar surface area (TPSA) is 78.7 Å². The molecular formula is C15H22N4O2. The fraction of sp³-hybridized carbons (Fsp3) is 0.467. The van der Waals surface area contributed by atoms with Crippen LogP contribution in [0.15, 0.2) is 24.3 Å². The van der Waals surface area contributed by atoms with Crippen molar-refractivity contribution in [1.82, 2.24) is 10.2 Å². The Morgan fingerprint density at radius 1 is 1.33 bits per heavy atom. The highest BCUT2D eigenvalue weighted by atomic mass is 16.2. The molecule has 21 heavy (non-hydrogen) atoms. The van der Waals surface area contributed by atoms with E-state index < -0.39 is 0 Å². The number of benzene rings is 1. The van der Waals surface area contributed by atoms with E-state index in [9.17, 15) is 9.59 Å². The molecule has 1 aliphatic heterocycles. The summed E-state index contributed by atoms with van der Waals surface area (Å²) in [6.07, 6.45) is 0.872. The summed E-state index contributed by atoms with van der Waals surface area (Å²) in [6, 6.07) is 7.15. The summed E-state index contributed by atoms with van der Waals surface area (Å²) in [7, 11) is 0. The summed E-state index contributed by atoms with van der Waals surface area (Å²) in [6.45, 7) is 5.20. The third-order valence-corrected chi connectivity index (χ3v) is 3.65. The maximum absolute atomic E-state index is 12.3. The number of rotatable bonds is 5. The van der Waals surface area contributed by atoms with Crippen LogP contribution in [0.3, 0.4) is 0 Å². The van der Waals surface area contributed by atoms with Crippen molar-refractivity contribution in [2.45, 2.75) is 26.3 Å². The first-order valence-electron chi connectivity index (χ1n) is 7.22. The molecular weight excluding hydrogens is 268 g/mol. The van der Waals surface area contributed by atoms with Crippen LogP contribution in [-0.4, -0.2) is 42.5 Å². The first kappa shape index (κ1) is 15.2. The molecule has 1 aliphatic rings. The largest absolute Gasteiger partial charge is 0.399 e. The molecule has 1 aromatic rings. The number of nitrogens with one attached hydrogen (secondary N) is 1. The van der Waals surface area contributed by atoms with Gasteiger partial charge in [-0.2, -0.15) is 0 Å². The van der Waals surface area contributed by atoms with Gasteiger partial charge in [0.1, 0.15) is 6.54 Å². The zero-order valence-electron chi connectivity index (χ0n) is 12.5. The molecule has 0 radical (unpaired) electrons. The van der Waals surface area contributed by atoms with Crippen LogP contribution in [0, 0.1) is 0 Å². The van der Waals surface area contributed by atoms with Crippen molar-refractivity contribution in [3.8, 4) is 0 Å². The monoisotopic (exact) mass is 290 g/mol. The Kier molecular flexibility index (Phi) is 4.67. The van der Waals surface area contributed by atoms with Crippen molar-refractivity contribution < 1.29 is 9.59 Å². The zero-order chi connectivity index (χ0) is 15.4. The number of hydrogen-bond acceptors (Lipinski definition) is 3. The molecule has 1 atom stereocenters. The lowest BCUT2D eigenvalue weighted by Crippen LogP contribution is -2.42. The second kappa shape index (κ2) is 6.47. The van der Waals surface area contributed by atoms with E-state index in [1.807, 2.05) is 26.0 Å². The first-order valence-corrected chi connectivity index (χ1v) is 7.22. The molecule has 0 aromatic heterocycles. The van der Waals surface area contributed by atoms with Gasteiger partial charge in [0, 0.05) is 30.5 Å². The van der Waals surface area contributed by atoms with Gasteiger partial charge in [-0.25, -0.2) is 4.79 Å². The highest BCUT2D eigenvalue weighted by molar-refractivity contribution is 5.96. The minimum atomic E-state index is -0.140. The molecule has 114 valence electrons. The van der Waals surface area contributed by atoms with Gasteiger partial charge in [-0.15, -0.1) is 0 Å². The van der Waals surface area contributed by atoms with Gasteiger partial charge in [-0.3, -0.25) is 9.69 Å². The van der Waals surface area contributed by atoms with Crippen molar-refractivity contribution in [1.29, 1.82) is 0 Å². The highest BCUT2D eigenvalue weighted by Crippen LogP contribution is 2.21. The van der Waals surface area contributed by atoms with Crippen LogP contribution in [0.1, 0.15) is 20.3 Å². The Morgan fingerprint density at radius 2 is 2.00 bits per heavy atom. The third-order valence-electron chi connectivity index (χ3n) is 3.65. The normalized spacial score (nSPS) is 16.2. The van der Waals surface area contributed by atoms with E-state index in [1.165, 1.54) is 0 Å². The number of carbonyl (C=O) groups excluding carboxylic acids is 2. The minimum absolute atomic E-state index is 0.106. The number of nitrogens with zero attached hydrogens (tertiary/aromatic N) is 2. The molecule has 6 nitrogen and oxygen atoms in total. The maximum atomic E-state index is 12.3. The van der Waals surface area contributed by atoms with Crippen LogP contribution in [0.2, 0.25) is 0 Å². The smallest absolute Gasteiger partial charge is 0.325 e. The molecule has 6 heteroatoms. The van der Waals surface area contributed by atoms with E-state index in [2.05, 4.69) is 5.32 Å². The Balaban J connectivity index is 1.95. The lowest BCUT2D eigenvalue weighted by molar-refractivity contribution is -0.122. The van der Waals surface area contributed by atoms with Crippen LogP contribution in [0.5, 0.6) is 0 Å². The average molecular weight is 290 g/mol. The van der Waals surface area contributed by atoms with Crippen molar-refractivity contribution in [3.05, 3.63) is 24.3 Å². The van der Waals surface area contributed by atoms with Crippen LogP contribution in [-0.2, 0) is 4.79 Å². The summed E-state index contributed by atoms with van der Waals surface area (Å²) < 4.78 is 0. The van der Waals surface area contributed by atoms with E-state index in [-0.39, 0.29) is 24.5 Å². The number of carbonyl (C=O) groups is 2. The number of nitrogen functional groups attached to an aromatic ring is 1. The maximum Gasteiger partial charge on any atom is 0.325 e. The highest BCUT2D eigenvalue weighted by Gasteiger charge is 2.30. The van der Waals surface area contributed by atoms with E-state index >= 15 is 0 Å². The summed E-state index contributed by atoms with van der Waals surface area (Å²) in [5.74, 6) is -0.114. The number of anilines is 2. The molecule has 1 aromatic carbocycles. The molecule has 0 spiro atoms. The molecule has 1 unspecified atom stereocenters. The molecule has 2 rings (SSSR count). The molecule has 3 amide bonds. The Labute approximate surface area is 124 Å². The minimum Gasteiger partial charge on any atom is -0.399 e. The average Bonchev–Trinajstić information content (AvgIpc) is 2.81. The number of amides is 3. The lowest BCUT2D eigenvalue weighted by Gasteiger charge is -2.19. The Bertz CT molecular complexity index is 515. The van der Waals surface area contributed by atoms with Gasteiger partial charge in [0.15, 0.2) is 0 Å². The molecule has 1 fully saturated rings. The van der Waals surface area contributed by atoms with E-state index in [0.29, 0.717) is 18.8 Å². The van der Waals surface area contributed by atoms with Crippen LogP contribution in [0.25, 0.3) is 0 Å². The fourth-order valence-corrected chi connectivity index (χ4v) is 2.22. The van der Waals surface area contributed by atoms with Crippen molar-refractivity contribution >= 4 is 23.3 Å². The van der Waals surface area contributed by atoms with Crippen molar-refractivity contribution in [2.75, 3.05) is 30.3 Å². The van der Waals surface area contributed by atoms with Gasteiger partial charge in [-0.05, 0) is 37.6 Å². The number of urea groups is 1. The Hall–Kier alpha value is -2.24. The summed E-state index contributed by atoms with van der Waals surface area (Å²) in [5, 5.41) is 2.87. The van der Waals surface area contributed by atoms with Gasteiger partial charge in [0.25, 0.3) is 0 Å². The van der Waals surface area contributed by atoms with Gasteiger partial charge >= 0.3 is 6.03 Å². The third kappa shape index (κ3) is 3.65. The summed E-state index contributed by atoms with van der Waals surface area (Å²) in [4.78, 5) is 27.4. The number of hydrogen-bond donors (Lipinski definition) is 2. The van der Waals surface area contributed by atoms with E-state index in [4.69, 9.17) is 5.73 Å². The molecule has 0 saturated carbocycles. The molecule has 3 N–H and O–H groups in total. The van der Waals surface area contributed by atoms with Crippen LogP contribution >= 0.6 is 0 Å². The Morgan fingerprint density at radius 3 is 2.62 bits per heavy atom. The standard InChI is InChI=1S/C15H22N4O2/c1-3-11(2)17-14(20)10-18-8-9-19(15(18)21)13-6-4-12(16)5-7-13/h4-7,11H,3,8-10,16H2,1-2H3,(H,17,20). The van der Waals surface area contributed by atoms with Gasteiger partial charge in [-0.1, -0.05) is 6.92 Å². The predicted molar refractivity (Wildman–Crippen MR) is 83.1 cm³/mol. The van der Waals surface area contributed by atoms with Crippen LogP contribution < -0.4 is 16.0 Å². The fourth-order valence-electron chi connectivity index (χ4n) is 2.22. The van der Waals surface area contributed by atoms with E-state index in [0.717, 1.165) is 12.1 Å². The summed E-state index contributed by atoms with van der Waals surface area (Å²) in [5.41, 5.74) is 7.11. The molecule has 1 heterocycles. The molecule has 0 aliphatic carbocycles. The van der Waals surface area contributed by atoms with Crippen LogP contribution in [0.4, 0.5) is 16.2 Å². The number of nitrogens with two attached hydrogens (primary N) is 1. The molecule has 0 bridgehead atoms. The zero-order valence-corrected chi connectivity index (χ0v) is 12.5. The first-order chi connectivity index (χ1) is 10.0. The second-order valence-electron chi connectivity index (χ2n) is 5.32. The van der Waals surface area contributed by atoms with Crippen molar-refractivity contribution in [3.63, 3.8) is 0 Å². The van der Waals surface area contributed by atoms with Gasteiger partial charge in [0.05, 0.1) is 0 Å².